The lowest BCUT2D eigenvalue weighted by Gasteiger charge is -2.17. The Morgan fingerprint density at radius 2 is 1.88 bits per heavy atom. The highest BCUT2D eigenvalue weighted by Crippen LogP contribution is 2.31. The molecule has 0 aromatic carbocycles. The average molecular weight is 237 g/mol. The van der Waals surface area contributed by atoms with Gasteiger partial charge >= 0.3 is 0 Å². The number of hydrogen-bond acceptors (Lipinski definition) is 5. The highest BCUT2D eigenvalue weighted by atomic mass is 16.5. The summed E-state index contributed by atoms with van der Waals surface area (Å²) >= 11 is 0. The van der Waals surface area contributed by atoms with E-state index in [-0.39, 0.29) is 6.10 Å². The predicted octanol–water partition coefficient (Wildman–Crippen LogP) is 2.17. The molecule has 1 aromatic rings. The summed E-state index contributed by atoms with van der Waals surface area (Å²) in [5, 5.41) is 0. The van der Waals surface area contributed by atoms with Crippen molar-refractivity contribution >= 4 is 5.82 Å². The molecule has 0 saturated heterocycles. The number of anilines is 1. The lowest BCUT2D eigenvalue weighted by Crippen LogP contribution is -2.17. The zero-order chi connectivity index (χ0) is 12.1. The lowest BCUT2D eigenvalue weighted by atomic mass is 10.1. The van der Waals surface area contributed by atoms with Crippen molar-refractivity contribution in [2.45, 2.75) is 44.6 Å². The third-order valence-electron chi connectivity index (χ3n) is 3.08. The van der Waals surface area contributed by atoms with Crippen molar-refractivity contribution in [3.05, 3.63) is 6.33 Å². The molecule has 94 valence electrons. The van der Waals surface area contributed by atoms with E-state index < -0.39 is 0 Å². The van der Waals surface area contributed by atoms with Crippen LogP contribution in [0.4, 0.5) is 5.82 Å². The smallest absolute Gasteiger partial charge is 0.262 e. The Balaban J connectivity index is 2.09. The maximum atomic E-state index is 5.88. The molecule has 1 aliphatic rings. The van der Waals surface area contributed by atoms with Gasteiger partial charge in [0.25, 0.3) is 5.88 Å². The molecule has 1 heterocycles. The molecule has 5 nitrogen and oxygen atoms in total. The molecular formula is C12H19N3O2. The Morgan fingerprint density at radius 3 is 2.53 bits per heavy atom. The van der Waals surface area contributed by atoms with Crippen LogP contribution in [0.5, 0.6) is 11.6 Å². The molecule has 0 radical (unpaired) electrons. The maximum Gasteiger partial charge on any atom is 0.262 e. The quantitative estimate of drug-likeness (QED) is 0.816. The second-order valence-corrected chi connectivity index (χ2v) is 4.33. The molecule has 17 heavy (non-hydrogen) atoms. The number of hydrogen-bond donors (Lipinski definition) is 1. The minimum Gasteiger partial charge on any atom is -0.489 e. The van der Waals surface area contributed by atoms with E-state index >= 15 is 0 Å². The second-order valence-electron chi connectivity index (χ2n) is 4.33. The molecule has 0 unspecified atom stereocenters. The second kappa shape index (κ2) is 5.70. The van der Waals surface area contributed by atoms with Crippen LogP contribution in [0.1, 0.15) is 38.5 Å². The number of aromatic nitrogens is 2. The van der Waals surface area contributed by atoms with Gasteiger partial charge in [-0.05, 0) is 25.7 Å². The number of ether oxygens (including phenoxy) is 2. The van der Waals surface area contributed by atoms with Gasteiger partial charge in [-0.3, -0.25) is 0 Å². The van der Waals surface area contributed by atoms with Crippen LogP contribution in [0.3, 0.4) is 0 Å². The normalized spacial score (nSPS) is 17.5. The molecule has 5 heteroatoms. The molecule has 0 aliphatic heterocycles. The van der Waals surface area contributed by atoms with E-state index in [0.29, 0.717) is 17.4 Å². The van der Waals surface area contributed by atoms with Gasteiger partial charge in [0.05, 0.1) is 7.11 Å². The van der Waals surface area contributed by atoms with E-state index in [1.165, 1.54) is 32.0 Å². The van der Waals surface area contributed by atoms with Gasteiger partial charge in [-0.15, -0.1) is 0 Å². The first kappa shape index (κ1) is 12.0. The van der Waals surface area contributed by atoms with E-state index in [2.05, 4.69) is 9.97 Å². The minimum atomic E-state index is 0.223. The Hall–Kier alpha value is -1.52. The fourth-order valence-electron chi connectivity index (χ4n) is 2.16. The fourth-order valence-corrected chi connectivity index (χ4v) is 2.16. The van der Waals surface area contributed by atoms with Crippen LogP contribution in [-0.4, -0.2) is 23.2 Å². The van der Waals surface area contributed by atoms with Gasteiger partial charge in [0, 0.05) is 0 Å². The Labute approximate surface area is 101 Å². The van der Waals surface area contributed by atoms with Gasteiger partial charge in [-0.2, -0.15) is 4.98 Å². The summed E-state index contributed by atoms with van der Waals surface area (Å²) in [5.41, 5.74) is 5.71. The first-order chi connectivity index (χ1) is 8.31. The van der Waals surface area contributed by atoms with Gasteiger partial charge < -0.3 is 15.2 Å². The standard InChI is InChI=1S/C12H19N3O2/c1-16-10-11(13)14-8-15-12(10)17-9-6-4-2-3-5-7-9/h8-9H,2-7H2,1H3,(H2,13,14,15). The summed E-state index contributed by atoms with van der Waals surface area (Å²) in [4.78, 5) is 7.98. The van der Waals surface area contributed by atoms with E-state index in [0.717, 1.165) is 12.8 Å². The molecule has 0 atom stereocenters. The van der Waals surface area contributed by atoms with Crippen molar-refractivity contribution in [3.8, 4) is 11.6 Å². The monoisotopic (exact) mass is 237 g/mol. The SMILES string of the molecule is COc1c(N)ncnc1OC1CCCCCC1. The molecule has 0 spiro atoms. The first-order valence-corrected chi connectivity index (χ1v) is 6.12. The minimum absolute atomic E-state index is 0.223. The van der Waals surface area contributed by atoms with Crippen LogP contribution >= 0.6 is 0 Å². The highest BCUT2D eigenvalue weighted by Gasteiger charge is 2.18. The molecule has 0 bridgehead atoms. The van der Waals surface area contributed by atoms with Crippen LogP contribution in [0, 0.1) is 0 Å². The Bertz CT molecular complexity index is 363. The zero-order valence-electron chi connectivity index (χ0n) is 10.2. The molecule has 1 aliphatic carbocycles. The Morgan fingerprint density at radius 1 is 1.18 bits per heavy atom. The molecule has 2 N–H and O–H groups in total. The van der Waals surface area contributed by atoms with Crippen molar-refractivity contribution < 1.29 is 9.47 Å². The molecule has 1 aromatic heterocycles. The Kier molecular flexibility index (Phi) is 4.01. The third-order valence-corrected chi connectivity index (χ3v) is 3.08. The summed E-state index contributed by atoms with van der Waals surface area (Å²) in [6.45, 7) is 0. The van der Waals surface area contributed by atoms with Crippen molar-refractivity contribution in [3.63, 3.8) is 0 Å². The average Bonchev–Trinajstić information content (AvgIpc) is 2.58. The van der Waals surface area contributed by atoms with Crippen LogP contribution in [0.2, 0.25) is 0 Å². The summed E-state index contributed by atoms with van der Waals surface area (Å²) < 4.78 is 11.1. The molecule has 2 rings (SSSR count). The summed E-state index contributed by atoms with van der Waals surface area (Å²) in [7, 11) is 1.55. The number of nitrogens with zero attached hydrogens (tertiary/aromatic N) is 2. The molecular weight excluding hydrogens is 218 g/mol. The first-order valence-electron chi connectivity index (χ1n) is 6.12. The summed E-state index contributed by atoms with van der Waals surface area (Å²) in [6, 6.07) is 0. The highest BCUT2D eigenvalue weighted by molar-refractivity contribution is 5.51. The van der Waals surface area contributed by atoms with Gasteiger partial charge in [0.1, 0.15) is 12.4 Å². The van der Waals surface area contributed by atoms with Gasteiger partial charge in [-0.1, -0.05) is 12.8 Å². The van der Waals surface area contributed by atoms with Crippen LogP contribution < -0.4 is 15.2 Å². The van der Waals surface area contributed by atoms with Crippen LogP contribution in [0.25, 0.3) is 0 Å². The predicted molar refractivity (Wildman–Crippen MR) is 65.1 cm³/mol. The fraction of sp³-hybridized carbons (Fsp3) is 0.667. The van der Waals surface area contributed by atoms with Gasteiger partial charge in [0.15, 0.2) is 5.82 Å². The molecule has 1 fully saturated rings. The van der Waals surface area contributed by atoms with Crippen molar-refractivity contribution in [1.29, 1.82) is 0 Å². The largest absolute Gasteiger partial charge is 0.489 e. The van der Waals surface area contributed by atoms with Crippen molar-refractivity contribution in [2.75, 3.05) is 12.8 Å². The zero-order valence-corrected chi connectivity index (χ0v) is 10.2. The topological polar surface area (TPSA) is 70.3 Å². The van der Waals surface area contributed by atoms with Gasteiger partial charge in [-0.25, -0.2) is 4.98 Å². The number of nitrogen functional groups attached to an aromatic ring is 1. The van der Waals surface area contributed by atoms with Crippen molar-refractivity contribution in [1.82, 2.24) is 9.97 Å². The van der Waals surface area contributed by atoms with Crippen molar-refractivity contribution in [2.24, 2.45) is 0 Å². The summed E-state index contributed by atoms with van der Waals surface area (Å²) in [5.74, 6) is 1.23. The van der Waals surface area contributed by atoms with Gasteiger partial charge in [0.2, 0.25) is 5.75 Å². The molecule has 0 amide bonds. The maximum absolute atomic E-state index is 5.88. The van der Waals surface area contributed by atoms with Crippen LogP contribution in [0.15, 0.2) is 6.33 Å². The number of nitrogens with two attached hydrogens (primary N) is 1. The van der Waals surface area contributed by atoms with Crippen LogP contribution in [-0.2, 0) is 0 Å². The lowest BCUT2D eigenvalue weighted by molar-refractivity contribution is 0.168. The number of rotatable bonds is 3. The van der Waals surface area contributed by atoms with E-state index in [1.807, 2.05) is 0 Å². The summed E-state index contributed by atoms with van der Waals surface area (Å²) in [6.07, 6.45) is 8.80. The van der Waals surface area contributed by atoms with E-state index in [4.69, 9.17) is 15.2 Å². The molecule has 1 saturated carbocycles. The third kappa shape index (κ3) is 2.99. The van der Waals surface area contributed by atoms with E-state index in [9.17, 15) is 0 Å². The van der Waals surface area contributed by atoms with E-state index in [1.54, 1.807) is 7.11 Å². The number of methoxy groups -OCH3 is 1.